The van der Waals surface area contributed by atoms with Gasteiger partial charge in [0, 0.05) is 25.6 Å². The van der Waals surface area contributed by atoms with E-state index in [1.54, 1.807) is 0 Å². The van der Waals surface area contributed by atoms with Gasteiger partial charge in [-0.3, -0.25) is 4.79 Å². The van der Waals surface area contributed by atoms with Gasteiger partial charge in [-0.15, -0.1) is 0 Å². The number of hydrogen-bond donors (Lipinski definition) is 1. The van der Waals surface area contributed by atoms with Crippen molar-refractivity contribution in [3.63, 3.8) is 0 Å². The highest BCUT2D eigenvalue weighted by Crippen LogP contribution is 2.54. The smallest absolute Gasteiger partial charge is 0.225 e. The van der Waals surface area contributed by atoms with E-state index in [1.165, 1.54) is 12.0 Å². The van der Waals surface area contributed by atoms with Crippen LogP contribution in [0.1, 0.15) is 37.3 Å². The molecular weight excluding hydrogens is 248 g/mol. The van der Waals surface area contributed by atoms with Gasteiger partial charge in [-0.2, -0.15) is 0 Å². The fraction of sp³-hybridized carbons (Fsp3) is 0.588. The van der Waals surface area contributed by atoms with Crippen molar-refractivity contribution in [1.29, 1.82) is 0 Å². The third kappa shape index (κ3) is 2.59. The van der Waals surface area contributed by atoms with Gasteiger partial charge in [-0.25, -0.2) is 0 Å². The molecule has 3 heteroatoms. The fourth-order valence-electron chi connectivity index (χ4n) is 3.64. The average molecular weight is 272 g/mol. The van der Waals surface area contributed by atoms with Crippen LogP contribution in [0, 0.1) is 17.8 Å². The maximum absolute atomic E-state index is 12.6. The van der Waals surface area contributed by atoms with Crippen LogP contribution < -0.4 is 5.73 Å². The number of carbonyl (C=O) groups excluding carboxylic acids is 1. The first kappa shape index (κ1) is 13.6. The molecule has 3 rings (SSSR count). The van der Waals surface area contributed by atoms with E-state index in [9.17, 15) is 4.79 Å². The molecule has 3 nitrogen and oxygen atoms in total. The Balaban J connectivity index is 1.68. The first-order valence-corrected chi connectivity index (χ1v) is 7.78. The van der Waals surface area contributed by atoms with Crippen LogP contribution in [0.5, 0.6) is 0 Å². The molecule has 1 aromatic carbocycles. The zero-order valence-electron chi connectivity index (χ0n) is 12.2. The average Bonchev–Trinajstić information content (AvgIpc) is 3.10. The molecule has 2 aliphatic carbocycles. The Morgan fingerprint density at radius 3 is 2.45 bits per heavy atom. The molecule has 0 radical (unpaired) electrons. The van der Waals surface area contributed by atoms with E-state index >= 15 is 0 Å². The summed E-state index contributed by atoms with van der Waals surface area (Å²) in [6.45, 7) is 4.09. The second kappa shape index (κ2) is 5.57. The van der Waals surface area contributed by atoms with E-state index in [2.05, 4.69) is 19.1 Å². The molecule has 108 valence electrons. The quantitative estimate of drug-likeness (QED) is 0.895. The minimum absolute atomic E-state index is 0.281. The zero-order chi connectivity index (χ0) is 14.1. The van der Waals surface area contributed by atoms with E-state index in [4.69, 9.17) is 5.73 Å². The van der Waals surface area contributed by atoms with Crippen LogP contribution in [-0.2, 0) is 17.9 Å². The van der Waals surface area contributed by atoms with Crippen LogP contribution in [0.2, 0.25) is 0 Å². The summed E-state index contributed by atoms with van der Waals surface area (Å²) in [5.41, 5.74) is 8.12. The Morgan fingerprint density at radius 1 is 1.20 bits per heavy atom. The lowest BCUT2D eigenvalue weighted by Gasteiger charge is -2.26. The van der Waals surface area contributed by atoms with Crippen LogP contribution >= 0.6 is 0 Å². The summed E-state index contributed by atoms with van der Waals surface area (Å²) in [6, 6.07) is 8.18. The third-order valence-electron chi connectivity index (χ3n) is 4.99. The van der Waals surface area contributed by atoms with Crippen LogP contribution in [0.25, 0.3) is 0 Å². The second-order valence-corrected chi connectivity index (χ2v) is 6.25. The molecule has 2 aliphatic rings. The number of fused-ring (bicyclic) bond motifs is 1. The molecule has 0 aliphatic heterocycles. The lowest BCUT2D eigenvalue weighted by molar-refractivity contribution is -0.136. The molecular formula is C17H24N2O. The van der Waals surface area contributed by atoms with Crippen LogP contribution in [0.4, 0.5) is 0 Å². The molecule has 0 saturated heterocycles. The highest BCUT2D eigenvalue weighted by molar-refractivity contribution is 5.79. The minimum Gasteiger partial charge on any atom is -0.338 e. The highest BCUT2D eigenvalue weighted by Gasteiger charge is 2.48. The molecule has 2 N–H and O–H groups in total. The first-order valence-electron chi connectivity index (χ1n) is 7.78. The number of rotatable bonds is 5. The summed E-state index contributed by atoms with van der Waals surface area (Å²) in [6.07, 6.45) is 3.61. The Morgan fingerprint density at radius 2 is 1.85 bits per heavy atom. The van der Waals surface area contributed by atoms with Gasteiger partial charge in [-0.05, 0) is 49.1 Å². The van der Waals surface area contributed by atoms with E-state index in [0.717, 1.165) is 36.8 Å². The van der Waals surface area contributed by atoms with Crippen molar-refractivity contribution in [3.8, 4) is 0 Å². The van der Waals surface area contributed by atoms with Gasteiger partial charge in [0.1, 0.15) is 0 Å². The molecule has 20 heavy (non-hydrogen) atoms. The first-order chi connectivity index (χ1) is 9.72. The largest absolute Gasteiger partial charge is 0.338 e. The number of hydrogen-bond acceptors (Lipinski definition) is 2. The molecule has 2 unspecified atom stereocenters. The molecule has 1 aromatic rings. The van der Waals surface area contributed by atoms with Crippen molar-refractivity contribution >= 4 is 5.91 Å². The molecule has 2 atom stereocenters. The second-order valence-electron chi connectivity index (χ2n) is 6.25. The number of carbonyl (C=O) groups is 1. The fourth-order valence-corrected chi connectivity index (χ4v) is 3.64. The van der Waals surface area contributed by atoms with E-state index in [-0.39, 0.29) is 5.92 Å². The monoisotopic (exact) mass is 272 g/mol. The Kier molecular flexibility index (Phi) is 3.79. The van der Waals surface area contributed by atoms with Crippen molar-refractivity contribution in [3.05, 3.63) is 35.4 Å². The number of benzene rings is 1. The van der Waals surface area contributed by atoms with Crippen LogP contribution in [0.15, 0.2) is 24.3 Å². The normalized spacial score (nSPS) is 27.2. The third-order valence-corrected chi connectivity index (χ3v) is 4.99. The number of nitrogens with two attached hydrogens (primary N) is 1. The van der Waals surface area contributed by atoms with Gasteiger partial charge in [0.2, 0.25) is 5.91 Å². The summed E-state index contributed by atoms with van der Waals surface area (Å²) >= 11 is 0. The maximum Gasteiger partial charge on any atom is 0.225 e. The summed E-state index contributed by atoms with van der Waals surface area (Å²) in [4.78, 5) is 14.6. The van der Waals surface area contributed by atoms with Crippen molar-refractivity contribution in [2.75, 3.05) is 6.54 Å². The molecule has 0 heterocycles. The van der Waals surface area contributed by atoms with Crippen molar-refractivity contribution in [2.24, 2.45) is 23.5 Å². The predicted octanol–water partition coefficient (Wildman–Crippen LogP) is 2.54. The Bertz CT molecular complexity index is 490. The van der Waals surface area contributed by atoms with Crippen molar-refractivity contribution in [1.82, 2.24) is 4.90 Å². The van der Waals surface area contributed by atoms with Crippen molar-refractivity contribution < 1.29 is 4.79 Å². The van der Waals surface area contributed by atoms with Crippen LogP contribution in [-0.4, -0.2) is 17.4 Å². The topological polar surface area (TPSA) is 46.3 Å². The highest BCUT2D eigenvalue weighted by atomic mass is 16.2. The lowest BCUT2D eigenvalue weighted by atomic mass is 10.0. The SMILES string of the molecule is CCN(Cc1ccccc1CN)C(=O)C1CC2CC2C1. The zero-order valence-corrected chi connectivity index (χ0v) is 12.2. The van der Waals surface area contributed by atoms with Gasteiger partial charge < -0.3 is 10.6 Å². The van der Waals surface area contributed by atoms with Gasteiger partial charge in [0.25, 0.3) is 0 Å². The van der Waals surface area contributed by atoms with E-state index < -0.39 is 0 Å². The number of amides is 1. The Labute approximate surface area is 121 Å². The van der Waals surface area contributed by atoms with Crippen molar-refractivity contribution in [2.45, 2.75) is 39.3 Å². The summed E-state index contributed by atoms with van der Waals surface area (Å²) < 4.78 is 0. The van der Waals surface area contributed by atoms with E-state index in [0.29, 0.717) is 19.0 Å². The standard InChI is InChI=1S/C17H24N2O/c1-2-19(11-13-6-4-3-5-12(13)10-18)17(20)16-8-14-7-15(14)9-16/h3-6,14-16H,2,7-11,18H2,1H3. The van der Waals surface area contributed by atoms with Gasteiger partial charge in [0.15, 0.2) is 0 Å². The van der Waals surface area contributed by atoms with Gasteiger partial charge in [0.05, 0.1) is 0 Å². The van der Waals surface area contributed by atoms with Crippen LogP contribution in [0.3, 0.4) is 0 Å². The summed E-state index contributed by atoms with van der Waals surface area (Å²) in [7, 11) is 0. The molecule has 0 aromatic heterocycles. The van der Waals surface area contributed by atoms with Gasteiger partial charge >= 0.3 is 0 Å². The maximum atomic E-state index is 12.6. The lowest BCUT2D eigenvalue weighted by Crippen LogP contribution is -2.35. The molecule has 2 fully saturated rings. The summed E-state index contributed by atoms with van der Waals surface area (Å²) in [5, 5.41) is 0. The van der Waals surface area contributed by atoms with E-state index in [1.807, 2.05) is 17.0 Å². The molecule has 0 spiro atoms. The Hall–Kier alpha value is -1.35. The molecule has 1 amide bonds. The van der Waals surface area contributed by atoms with Gasteiger partial charge in [-0.1, -0.05) is 24.3 Å². The number of nitrogens with zero attached hydrogens (tertiary/aromatic N) is 1. The minimum atomic E-state index is 0.281. The molecule has 0 bridgehead atoms. The summed E-state index contributed by atoms with van der Waals surface area (Å²) in [5.74, 6) is 2.35. The predicted molar refractivity (Wildman–Crippen MR) is 79.7 cm³/mol. The molecule has 2 saturated carbocycles.